The molecule has 0 bridgehead atoms. The van der Waals surface area contributed by atoms with Gasteiger partial charge in [-0.2, -0.15) is 0 Å². The van der Waals surface area contributed by atoms with E-state index in [9.17, 15) is 0 Å². The number of nitrogens with zero attached hydrogens (tertiary/aromatic N) is 1. The number of rotatable bonds is 7. The van der Waals surface area contributed by atoms with Crippen molar-refractivity contribution in [2.24, 2.45) is 0 Å². The first-order valence-corrected chi connectivity index (χ1v) is 7.15. The normalized spacial score (nSPS) is 21.1. The molecule has 2 unspecified atom stereocenters. The van der Waals surface area contributed by atoms with Crippen molar-refractivity contribution >= 4 is 0 Å². The molecule has 0 aromatic carbocycles. The summed E-state index contributed by atoms with van der Waals surface area (Å²) in [7, 11) is 0. The lowest BCUT2D eigenvalue weighted by Gasteiger charge is -2.20. The van der Waals surface area contributed by atoms with Crippen LogP contribution in [-0.4, -0.2) is 24.2 Å². The Morgan fingerprint density at radius 3 is 2.94 bits per heavy atom. The van der Waals surface area contributed by atoms with E-state index in [1.54, 1.807) is 0 Å². The second-order valence-electron chi connectivity index (χ2n) is 5.00. The van der Waals surface area contributed by atoms with E-state index >= 15 is 0 Å². The van der Waals surface area contributed by atoms with Crippen LogP contribution in [0.15, 0.2) is 24.5 Å². The van der Waals surface area contributed by atoms with Crippen LogP contribution in [0.5, 0.6) is 0 Å². The molecule has 1 aliphatic rings. The largest absolute Gasteiger partial charge is 0.378 e. The maximum Gasteiger partial charge on any atom is 0.0576 e. The van der Waals surface area contributed by atoms with Gasteiger partial charge in [-0.05, 0) is 56.3 Å². The highest BCUT2D eigenvalue weighted by Crippen LogP contribution is 2.23. The predicted octanol–water partition coefficient (Wildman–Crippen LogP) is 3.08. The van der Waals surface area contributed by atoms with Crippen LogP contribution in [0.2, 0.25) is 0 Å². The lowest BCUT2D eigenvalue weighted by Crippen LogP contribution is -2.23. The molecule has 1 aliphatic heterocycles. The minimum absolute atomic E-state index is 0.442. The SMILES string of the molecule is CCCNC(CCC1CCCO1)c1ccncc1. The van der Waals surface area contributed by atoms with Gasteiger partial charge in [-0.3, -0.25) is 4.98 Å². The maximum absolute atomic E-state index is 5.70. The monoisotopic (exact) mass is 248 g/mol. The van der Waals surface area contributed by atoms with E-state index < -0.39 is 0 Å². The molecule has 18 heavy (non-hydrogen) atoms. The Kier molecular flexibility index (Phi) is 5.62. The Bertz CT molecular complexity index is 323. The van der Waals surface area contributed by atoms with E-state index in [0.717, 1.165) is 26.0 Å². The summed E-state index contributed by atoms with van der Waals surface area (Å²) in [5.74, 6) is 0. The third-order valence-electron chi connectivity index (χ3n) is 3.55. The zero-order valence-electron chi connectivity index (χ0n) is 11.3. The molecule has 100 valence electrons. The number of nitrogens with one attached hydrogen (secondary N) is 1. The summed E-state index contributed by atoms with van der Waals surface area (Å²) in [6, 6.07) is 4.67. The van der Waals surface area contributed by atoms with Gasteiger partial charge in [-0.15, -0.1) is 0 Å². The molecule has 1 N–H and O–H groups in total. The maximum atomic E-state index is 5.70. The molecule has 2 atom stereocenters. The Morgan fingerprint density at radius 1 is 1.44 bits per heavy atom. The third kappa shape index (κ3) is 4.07. The highest BCUT2D eigenvalue weighted by molar-refractivity contribution is 5.14. The Morgan fingerprint density at radius 2 is 2.28 bits per heavy atom. The number of ether oxygens (including phenoxy) is 1. The van der Waals surface area contributed by atoms with E-state index in [2.05, 4.69) is 29.4 Å². The van der Waals surface area contributed by atoms with E-state index in [1.165, 1.54) is 24.8 Å². The lowest BCUT2D eigenvalue weighted by molar-refractivity contribution is 0.0996. The van der Waals surface area contributed by atoms with Crippen molar-refractivity contribution < 1.29 is 4.74 Å². The molecule has 1 saturated heterocycles. The van der Waals surface area contributed by atoms with Crippen molar-refractivity contribution in [1.29, 1.82) is 0 Å². The van der Waals surface area contributed by atoms with Crippen LogP contribution >= 0.6 is 0 Å². The van der Waals surface area contributed by atoms with Gasteiger partial charge in [0.15, 0.2) is 0 Å². The molecule has 0 saturated carbocycles. The fourth-order valence-corrected chi connectivity index (χ4v) is 2.53. The van der Waals surface area contributed by atoms with Crippen molar-refractivity contribution in [3.63, 3.8) is 0 Å². The molecular formula is C15H24N2O. The molecule has 2 rings (SSSR count). The molecule has 0 radical (unpaired) electrons. The summed E-state index contributed by atoms with van der Waals surface area (Å²) in [6.07, 6.45) is 10.2. The fourth-order valence-electron chi connectivity index (χ4n) is 2.53. The van der Waals surface area contributed by atoms with Crippen molar-refractivity contribution in [3.8, 4) is 0 Å². The molecule has 0 aliphatic carbocycles. The van der Waals surface area contributed by atoms with Crippen molar-refractivity contribution in [2.75, 3.05) is 13.2 Å². The van der Waals surface area contributed by atoms with Gasteiger partial charge in [0.1, 0.15) is 0 Å². The molecule has 2 heterocycles. The highest BCUT2D eigenvalue weighted by Gasteiger charge is 2.18. The van der Waals surface area contributed by atoms with Crippen LogP contribution in [0.4, 0.5) is 0 Å². The second-order valence-corrected chi connectivity index (χ2v) is 5.00. The number of pyridine rings is 1. The van der Waals surface area contributed by atoms with Gasteiger partial charge in [0, 0.05) is 25.0 Å². The Labute approximate surface area is 110 Å². The summed E-state index contributed by atoms with van der Waals surface area (Å²) >= 11 is 0. The van der Waals surface area contributed by atoms with Crippen LogP contribution in [0, 0.1) is 0 Å². The van der Waals surface area contributed by atoms with Gasteiger partial charge in [-0.1, -0.05) is 6.92 Å². The molecule has 3 heteroatoms. The molecule has 0 amide bonds. The summed E-state index contributed by atoms with van der Waals surface area (Å²) < 4.78 is 5.70. The van der Waals surface area contributed by atoms with Gasteiger partial charge < -0.3 is 10.1 Å². The van der Waals surface area contributed by atoms with E-state index in [4.69, 9.17) is 4.74 Å². The first-order valence-electron chi connectivity index (χ1n) is 7.15. The second kappa shape index (κ2) is 7.49. The molecule has 3 nitrogen and oxygen atoms in total. The molecule has 0 spiro atoms. The Balaban J connectivity index is 1.87. The molecular weight excluding hydrogens is 224 g/mol. The minimum atomic E-state index is 0.442. The predicted molar refractivity (Wildman–Crippen MR) is 73.5 cm³/mol. The molecule has 1 aromatic rings. The van der Waals surface area contributed by atoms with Gasteiger partial charge >= 0.3 is 0 Å². The van der Waals surface area contributed by atoms with Crippen molar-refractivity contribution in [3.05, 3.63) is 30.1 Å². The average Bonchev–Trinajstić information content (AvgIpc) is 2.93. The van der Waals surface area contributed by atoms with Crippen molar-refractivity contribution in [1.82, 2.24) is 10.3 Å². The van der Waals surface area contributed by atoms with Crippen LogP contribution in [0.25, 0.3) is 0 Å². The smallest absolute Gasteiger partial charge is 0.0576 e. The van der Waals surface area contributed by atoms with E-state index in [1.807, 2.05) is 12.4 Å². The van der Waals surface area contributed by atoms with Crippen LogP contribution < -0.4 is 5.32 Å². The summed E-state index contributed by atoms with van der Waals surface area (Å²) in [6.45, 7) is 4.22. The number of aromatic nitrogens is 1. The first kappa shape index (κ1) is 13.5. The van der Waals surface area contributed by atoms with Crippen LogP contribution in [-0.2, 0) is 4.74 Å². The minimum Gasteiger partial charge on any atom is -0.378 e. The lowest BCUT2D eigenvalue weighted by atomic mass is 10.00. The zero-order chi connectivity index (χ0) is 12.6. The van der Waals surface area contributed by atoms with Crippen LogP contribution in [0.3, 0.4) is 0 Å². The molecule has 1 aromatic heterocycles. The van der Waals surface area contributed by atoms with Crippen LogP contribution in [0.1, 0.15) is 50.6 Å². The quantitative estimate of drug-likeness (QED) is 0.805. The van der Waals surface area contributed by atoms with Gasteiger partial charge in [-0.25, -0.2) is 0 Å². The topological polar surface area (TPSA) is 34.1 Å². The standard InChI is InChI=1S/C15H24N2O/c1-2-9-17-15(13-7-10-16-11-8-13)6-5-14-4-3-12-18-14/h7-8,10-11,14-15,17H,2-6,9,12H2,1H3. The fraction of sp³-hybridized carbons (Fsp3) is 0.667. The summed E-state index contributed by atoms with van der Waals surface area (Å²) in [5.41, 5.74) is 1.34. The zero-order valence-corrected chi connectivity index (χ0v) is 11.3. The average molecular weight is 248 g/mol. The van der Waals surface area contributed by atoms with Gasteiger partial charge in [0.05, 0.1) is 6.10 Å². The third-order valence-corrected chi connectivity index (χ3v) is 3.55. The summed E-state index contributed by atoms with van der Waals surface area (Å²) in [5, 5.41) is 3.63. The summed E-state index contributed by atoms with van der Waals surface area (Å²) in [4.78, 5) is 4.09. The van der Waals surface area contributed by atoms with Crippen molar-refractivity contribution in [2.45, 2.75) is 51.2 Å². The first-order chi connectivity index (χ1) is 8.90. The van der Waals surface area contributed by atoms with E-state index in [-0.39, 0.29) is 0 Å². The van der Waals surface area contributed by atoms with Gasteiger partial charge in [0.25, 0.3) is 0 Å². The van der Waals surface area contributed by atoms with Gasteiger partial charge in [0.2, 0.25) is 0 Å². The number of hydrogen-bond acceptors (Lipinski definition) is 3. The number of hydrogen-bond donors (Lipinski definition) is 1. The van der Waals surface area contributed by atoms with E-state index in [0.29, 0.717) is 12.1 Å². The molecule has 1 fully saturated rings. The highest BCUT2D eigenvalue weighted by atomic mass is 16.5. The Hall–Kier alpha value is -0.930.